The van der Waals surface area contributed by atoms with Crippen molar-refractivity contribution >= 4 is 17.4 Å². The number of benzene rings is 3. The summed E-state index contributed by atoms with van der Waals surface area (Å²) < 4.78 is 7.00. The molecule has 0 bridgehead atoms. The van der Waals surface area contributed by atoms with Gasteiger partial charge in [-0.15, -0.1) is 0 Å². The lowest BCUT2D eigenvalue weighted by molar-refractivity contribution is -0.759. The molecule has 7 nitrogen and oxygen atoms in total. The third kappa shape index (κ3) is 3.69. The molecule has 4 aromatic rings. The molecule has 0 spiro atoms. The number of aromatic nitrogens is 3. The predicted octanol–water partition coefficient (Wildman–Crippen LogP) is 3.70. The SMILES string of the molecule is COc1cc([C@H]2Nc3ccccc3-c3c(=O)[nH]c(SCc4ccccc4)n[n+]32)ccc1O. The number of ether oxygens (including phenoxy) is 1. The van der Waals surface area contributed by atoms with E-state index >= 15 is 0 Å². The Morgan fingerprint density at radius 3 is 2.69 bits per heavy atom. The van der Waals surface area contributed by atoms with E-state index < -0.39 is 6.17 Å². The molecule has 1 aliphatic rings. The molecular weight excluding hydrogens is 424 g/mol. The Balaban J connectivity index is 1.61. The molecule has 0 fully saturated rings. The lowest BCUT2D eigenvalue weighted by atomic mass is 10.0. The second kappa shape index (κ2) is 8.39. The number of hydrogen-bond acceptors (Lipinski definition) is 6. The standard InChI is InChI=1S/C24H20N4O3S/c1-31-20-13-16(11-12-19(20)29)22-25-18-10-6-5-9-17(18)21-23(30)26-24(27-28(21)22)32-14-15-7-3-2-4-8-15/h2-13,22H,14H2,1H3,(H2,26,27,29,30)/p+1/t22-/m0/s1. The van der Waals surface area contributed by atoms with Gasteiger partial charge in [-0.25, -0.2) is 0 Å². The number of H-pyrrole nitrogens is 1. The Kier molecular flexibility index (Phi) is 5.28. The smallest absolute Gasteiger partial charge is 0.325 e. The first-order valence-corrected chi connectivity index (χ1v) is 11.1. The van der Waals surface area contributed by atoms with Crippen molar-refractivity contribution in [1.82, 2.24) is 10.1 Å². The molecule has 0 unspecified atom stereocenters. The monoisotopic (exact) mass is 445 g/mol. The first-order valence-electron chi connectivity index (χ1n) is 10.1. The van der Waals surface area contributed by atoms with Crippen LogP contribution in [0.5, 0.6) is 11.5 Å². The number of hydrogen-bond donors (Lipinski definition) is 3. The summed E-state index contributed by atoms with van der Waals surface area (Å²) in [7, 11) is 1.50. The van der Waals surface area contributed by atoms with E-state index in [9.17, 15) is 9.90 Å². The van der Waals surface area contributed by atoms with E-state index in [0.717, 1.165) is 22.4 Å². The number of thioether (sulfide) groups is 1. The Morgan fingerprint density at radius 1 is 1.09 bits per heavy atom. The second-order valence-electron chi connectivity index (χ2n) is 7.35. The second-order valence-corrected chi connectivity index (χ2v) is 8.31. The number of phenolic OH excluding ortho intramolecular Hbond substituents is 1. The van der Waals surface area contributed by atoms with Crippen LogP contribution in [0.15, 0.2) is 82.7 Å². The van der Waals surface area contributed by atoms with Crippen molar-refractivity contribution in [2.24, 2.45) is 0 Å². The number of nitrogens with zero attached hydrogens (tertiary/aromatic N) is 2. The maximum Gasteiger partial charge on any atom is 0.325 e. The first-order chi connectivity index (χ1) is 15.6. The van der Waals surface area contributed by atoms with E-state index in [-0.39, 0.29) is 11.3 Å². The van der Waals surface area contributed by atoms with E-state index in [1.165, 1.54) is 18.9 Å². The molecule has 0 radical (unpaired) electrons. The van der Waals surface area contributed by atoms with Crippen molar-refractivity contribution < 1.29 is 14.5 Å². The van der Waals surface area contributed by atoms with Crippen LogP contribution in [0.1, 0.15) is 17.3 Å². The summed E-state index contributed by atoms with van der Waals surface area (Å²) in [5, 5.41) is 18.8. The molecule has 1 aromatic heterocycles. The van der Waals surface area contributed by atoms with Gasteiger partial charge in [0.05, 0.1) is 18.4 Å². The Morgan fingerprint density at radius 2 is 1.88 bits per heavy atom. The van der Waals surface area contributed by atoms with E-state index in [1.54, 1.807) is 22.9 Å². The zero-order valence-electron chi connectivity index (χ0n) is 17.3. The molecular formula is C24H21N4O3S+. The molecule has 5 rings (SSSR count). The molecule has 0 saturated heterocycles. The summed E-state index contributed by atoms with van der Waals surface area (Å²) in [4.78, 5) is 16.1. The molecule has 0 saturated carbocycles. The molecule has 1 atom stereocenters. The van der Waals surface area contributed by atoms with Crippen molar-refractivity contribution in [1.29, 1.82) is 0 Å². The minimum atomic E-state index is -0.451. The molecule has 32 heavy (non-hydrogen) atoms. The highest BCUT2D eigenvalue weighted by atomic mass is 32.2. The topological polar surface area (TPSA) is 91.1 Å². The third-order valence-electron chi connectivity index (χ3n) is 5.32. The van der Waals surface area contributed by atoms with Crippen molar-refractivity contribution in [3.8, 4) is 22.8 Å². The summed E-state index contributed by atoms with van der Waals surface area (Å²) in [6.07, 6.45) is -0.451. The van der Waals surface area contributed by atoms with Gasteiger partial charge in [-0.2, -0.15) is 0 Å². The van der Waals surface area contributed by atoms with Gasteiger partial charge in [0.15, 0.2) is 11.5 Å². The Hall–Kier alpha value is -3.78. The van der Waals surface area contributed by atoms with E-state index in [2.05, 4.69) is 10.3 Å². The number of methoxy groups -OCH3 is 1. The maximum absolute atomic E-state index is 13.2. The minimum absolute atomic E-state index is 0.0515. The summed E-state index contributed by atoms with van der Waals surface area (Å²) in [6.45, 7) is 0. The fraction of sp³-hybridized carbons (Fsp3) is 0.125. The van der Waals surface area contributed by atoms with Crippen molar-refractivity contribution in [3.05, 3.63) is 94.3 Å². The quantitative estimate of drug-likeness (QED) is 0.321. The van der Waals surface area contributed by atoms with Crippen LogP contribution < -0.4 is 20.3 Å². The molecule has 1 aliphatic heterocycles. The van der Waals surface area contributed by atoms with Crippen LogP contribution >= 0.6 is 11.8 Å². The molecule has 8 heteroatoms. The number of anilines is 1. The summed E-state index contributed by atoms with van der Waals surface area (Å²) in [6, 6.07) is 22.8. The Bertz CT molecular complexity index is 1340. The zero-order valence-corrected chi connectivity index (χ0v) is 18.1. The number of aromatic hydroxyl groups is 1. The van der Waals surface area contributed by atoms with Gasteiger partial charge in [0.25, 0.3) is 6.17 Å². The zero-order chi connectivity index (χ0) is 22.1. The van der Waals surface area contributed by atoms with Gasteiger partial charge in [0.1, 0.15) is 0 Å². The fourth-order valence-corrected chi connectivity index (χ4v) is 4.58. The normalized spacial score (nSPS) is 14.2. The van der Waals surface area contributed by atoms with Crippen LogP contribution in [-0.4, -0.2) is 22.3 Å². The summed E-state index contributed by atoms with van der Waals surface area (Å²) in [5.41, 5.74) is 3.83. The lowest BCUT2D eigenvalue weighted by Crippen LogP contribution is -2.55. The summed E-state index contributed by atoms with van der Waals surface area (Å²) in [5.74, 6) is 1.09. The number of nitrogens with one attached hydrogen (secondary N) is 2. The van der Waals surface area contributed by atoms with Gasteiger partial charge in [0, 0.05) is 16.4 Å². The average molecular weight is 446 g/mol. The van der Waals surface area contributed by atoms with Crippen molar-refractivity contribution in [3.63, 3.8) is 0 Å². The van der Waals surface area contributed by atoms with Gasteiger partial charge in [-0.05, 0) is 40.6 Å². The Labute approximate surface area is 188 Å². The highest BCUT2D eigenvalue weighted by molar-refractivity contribution is 7.98. The van der Waals surface area contributed by atoms with Crippen LogP contribution in [-0.2, 0) is 5.75 Å². The van der Waals surface area contributed by atoms with Crippen molar-refractivity contribution in [2.75, 3.05) is 12.4 Å². The first kappa shape index (κ1) is 20.1. The van der Waals surface area contributed by atoms with Crippen molar-refractivity contribution in [2.45, 2.75) is 17.1 Å². The molecule has 160 valence electrons. The maximum atomic E-state index is 13.2. The fourth-order valence-electron chi connectivity index (χ4n) is 3.77. The van der Waals surface area contributed by atoms with Gasteiger partial charge in [-0.1, -0.05) is 54.2 Å². The highest BCUT2D eigenvalue weighted by Crippen LogP contribution is 2.34. The molecule has 0 aliphatic carbocycles. The van der Waals surface area contributed by atoms with E-state index in [1.807, 2.05) is 54.6 Å². The molecule has 3 aromatic carbocycles. The van der Waals surface area contributed by atoms with E-state index in [0.29, 0.717) is 22.4 Å². The molecule has 3 N–H and O–H groups in total. The minimum Gasteiger partial charge on any atom is -0.504 e. The van der Waals surface area contributed by atoms with Crippen LogP contribution in [0.2, 0.25) is 0 Å². The van der Waals surface area contributed by atoms with Crippen LogP contribution in [0.25, 0.3) is 11.3 Å². The van der Waals surface area contributed by atoms with Crippen LogP contribution in [0.3, 0.4) is 0 Å². The molecule has 0 amide bonds. The molecule has 2 heterocycles. The van der Waals surface area contributed by atoms with Crippen LogP contribution in [0.4, 0.5) is 5.69 Å². The van der Waals surface area contributed by atoms with Gasteiger partial charge in [-0.3, -0.25) is 9.78 Å². The predicted molar refractivity (Wildman–Crippen MR) is 123 cm³/mol. The lowest BCUT2D eigenvalue weighted by Gasteiger charge is -2.22. The largest absolute Gasteiger partial charge is 0.504 e. The number of aromatic amines is 1. The summed E-state index contributed by atoms with van der Waals surface area (Å²) >= 11 is 1.47. The highest BCUT2D eigenvalue weighted by Gasteiger charge is 2.38. The third-order valence-corrected chi connectivity index (χ3v) is 6.25. The van der Waals surface area contributed by atoms with E-state index in [4.69, 9.17) is 9.84 Å². The number of para-hydroxylation sites is 1. The number of rotatable bonds is 5. The average Bonchev–Trinajstić information content (AvgIpc) is 2.83. The van der Waals surface area contributed by atoms with Gasteiger partial charge < -0.3 is 15.2 Å². The van der Waals surface area contributed by atoms with Gasteiger partial charge >= 0.3 is 11.3 Å². The number of fused-ring (bicyclic) bond motifs is 3. The number of phenols is 1. The van der Waals surface area contributed by atoms with Gasteiger partial charge in [0.2, 0.25) is 5.16 Å². The van der Waals surface area contributed by atoms with Crippen LogP contribution in [0, 0.1) is 0 Å².